The van der Waals surface area contributed by atoms with Gasteiger partial charge in [0.05, 0.1) is 22.8 Å². The van der Waals surface area contributed by atoms with E-state index in [9.17, 15) is 14.9 Å². The van der Waals surface area contributed by atoms with Crippen molar-refractivity contribution in [3.8, 4) is 22.8 Å². The number of non-ortho nitro benzene ring substituents is 1. The largest absolute Gasteiger partial charge is 0.454 e. The Kier molecular flexibility index (Phi) is 5.96. The van der Waals surface area contributed by atoms with E-state index in [4.69, 9.17) is 14.2 Å². The SMILES string of the molecule is COCCNc1ccc([N+](=O)[O-])cc1C(=O)Nc1nc(-c2ccc3c(c2)OCO3)cs1. The van der Waals surface area contributed by atoms with Crippen molar-refractivity contribution < 1.29 is 23.9 Å². The molecule has 10 nitrogen and oxygen atoms in total. The number of rotatable bonds is 8. The summed E-state index contributed by atoms with van der Waals surface area (Å²) in [6, 6.07) is 9.55. The number of aromatic nitrogens is 1. The van der Waals surface area contributed by atoms with E-state index >= 15 is 0 Å². The van der Waals surface area contributed by atoms with E-state index < -0.39 is 10.8 Å². The summed E-state index contributed by atoms with van der Waals surface area (Å²) < 4.78 is 15.7. The first-order chi connectivity index (χ1) is 15.0. The molecular weight excluding hydrogens is 424 g/mol. The fourth-order valence-corrected chi connectivity index (χ4v) is 3.67. The van der Waals surface area contributed by atoms with Crippen LogP contribution in [0.3, 0.4) is 0 Å². The van der Waals surface area contributed by atoms with E-state index in [-0.39, 0.29) is 18.0 Å². The van der Waals surface area contributed by atoms with E-state index in [0.29, 0.717) is 41.2 Å². The molecule has 0 unspecified atom stereocenters. The standard InChI is InChI=1S/C20H18N4O6S/c1-28-7-6-21-15-4-3-13(24(26)27)9-14(15)19(25)23-20-22-16(10-31-20)12-2-5-17-18(8-12)30-11-29-17/h2-5,8-10,21H,6-7,11H2,1H3,(H,22,23,25). The molecular formula is C20H18N4O6S. The van der Waals surface area contributed by atoms with Crippen molar-refractivity contribution in [1.82, 2.24) is 4.98 Å². The number of carbonyl (C=O) groups is 1. The quantitative estimate of drug-likeness (QED) is 0.307. The molecule has 0 saturated heterocycles. The van der Waals surface area contributed by atoms with Crippen LogP contribution in [0, 0.1) is 10.1 Å². The van der Waals surface area contributed by atoms with Gasteiger partial charge in [-0.15, -0.1) is 11.3 Å². The maximum atomic E-state index is 12.9. The van der Waals surface area contributed by atoms with Crippen LogP contribution in [0.25, 0.3) is 11.3 Å². The van der Waals surface area contributed by atoms with E-state index in [1.165, 1.54) is 29.5 Å². The van der Waals surface area contributed by atoms with Crippen molar-refractivity contribution in [2.45, 2.75) is 0 Å². The third kappa shape index (κ3) is 4.57. The molecule has 0 spiro atoms. The average molecular weight is 442 g/mol. The van der Waals surface area contributed by atoms with Crippen molar-refractivity contribution in [3.05, 3.63) is 57.5 Å². The molecule has 2 heterocycles. The van der Waals surface area contributed by atoms with Crippen molar-refractivity contribution in [2.75, 3.05) is 37.7 Å². The second kappa shape index (κ2) is 8.98. The molecule has 0 aliphatic carbocycles. The van der Waals surface area contributed by atoms with Crippen LogP contribution >= 0.6 is 11.3 Å². The van der Waals surface area contributed by atoms with Crippen LogP contribution in [0.15, 0.2) is 41.8 Å². The molecule has 31 heavy (non-hydrogen) atoms. The smallest absolute Gasteiger partial charge is 0.270 e. The zero-order valence-corrected chi connectivity index (χ0v) is 17.2. The molecule has 0 bridgehead atoms. The van der Waals surface area contributed by atoms with Crippen molar-refractivity contribution in [3.63, 3.8) is 0 Å². The van der Waals surface area contributed by atoms with Gasteiger partial charge in [-0.2, -0.15) is 0 Å². The molecule has 1 aromatic heterocycles. The number of ether oxygens (including phenoxy) is 3. The minimum atomic E-state index is -0.545. The highest BCUT2D eigenvalue weighted by atomic mass is 32.1. The van der Waals surface area contributed by atoms with Crippen LogP contribution in [-0.2, 0) is 4.74 Å². The Hall–Kier alpha value is -3.70. The number of benzene rings is 2. The minimum absolute atomic E-state index is 0.144. The summed E-state index contributed by atoms with van der Waals surface area (Å²) in [6.45, 7) is 1.05. The highest BCUT2D eigenvalue weighted by molar-refractivity contribution is 7.14. The predicted molar refractivity (Wildman–Crippen MR) is 115 cm³/mol. The molecule has 0 saturated carbocycles. The lowest BCUT2D eigenvalue weighted by molar-refractivity contribution is -0.384. The normalized spacial score (nSPS) is 11.9. The lowest BCUT2D eigenvalue weighted by atomic mass is 10.1. The van der Waals surface area contributed by atoms with Gasteiger partial charge in [-0.05, 0) is 24.3 Å². The van der Waals surface area contributed by atoms with Gasteiger partial charge in [-0.1, -0.05) is 0 Å². The Bertz CT molecular complexity index is 1130. The van der Waals surface area contributed by atoms with Gasteiger partial charge in [-0.25, -0.2) is 4.98 Å². The number of methoxy groups -OCH3 is 1. The van der Waals surface area contributed by atoms with Gasteiger partial charge in [-0.3, -0.25) is 20.2 Å². The fourth-order valence-electron chi connectivity index (χ4n) is 2.96. The summed E-state index contributed by atoms with van der Waals surface area (Å²) in [5, 5.41) is 19.1. The first-order valence-corrected chi connectivity index (χ1v) is 10.1. The second-order valence-corrected chi connectivity index (χ2v) is 7.32. The number of hydrogen-bond donors (Lipinski definition) is 2. The van der Waals surface area contributed by atoms with Gasteiger partial charge < -0.3 is 19.5 Å². The van der Waals surface area contributed by atoms with Gasteiger partial charge in [0.2, 0.25) is 6.79 Å². The first kappa shape index (κ1) is 20.6. The molecule has 4 rings (SSSR count). The number of nitrogens with one attached hydrogen (secondary N) is 2. The summed E-state index contributed by atoms with van der Waals surface area (Å²) in [5.41, 5.74) is 1.91. The molecule has 2 aromatic carbocycles. The van der Waals surface area contributed by atoms with Crippen LogP contribution in [0.4, 0.5) is 16.5 Å². The lowest BCUT2D eigenvalue weighted by Gasteiger charge is -2.11. The summed E-state index contributed by atoms with van der Waals surface area (Å²) in [6.07, 6.45) is 0. The maximum absolute atomic E-state index is 12.9. The Balaban J connectivity index is 1.54. The zero-order valence-electron chi connectivity index (χ0n) is 16.4. The summed E-state index contributed by atoms with van der Waals surface area (Å²) in [7, 11) is 1.56. The Morgan fingerprint density at radius 2 is 2.10 bits per heavy atom. The topological polar surface area (TPSA) is 125 Å². The number of nitrogens with zero attached hydrogens (tertiary/aromatic N) is 2. The molecule has 1 aliphatic rings. The monoisotopic (exact) mass is 442 g/mol. The fraction of sp³-hybridized carbons (Fsp3) is 0.200. The highest BCUT2D eigenvalue weighted by Gasteiger charge is 2.19. The maximum Gasteiger partial charge on any atom is 0.270 e. The molecule has 11 heteroatoms. The summed E-state index contributed by atoms with van der Waals surface area (Å²) in [4.78, 5) is 27.9. The number of hydrogen-bond acceptors (Lipinski definition) is 9. The molecule has 2 N–H and O–H groups in total. The lowest BCUT2D eigenvalue weighted by Crippen LogP contribution is -2.16. The highest BCUT2D eigenvalue weighted by Crippen LogP contribution is 2.36. The summed E-state index contributed by atoms with van der Waals surface area (Å²) >= 11 is 1.25. The van der Waals surface area contributed by atoms with E-state index in [2.05, 4.69) is 15.6 Å². The Labute approximate surface area is 180 Å². The van der Waals surface area contributed by atoms with Crippen molar-refractivity contribution >= 4 is 33.8 Å². The number of anilines is 2. The van der Waals surface area contributed by atoms with Gasteiger partial charge >= 0.3 is 0 Å². The third-order valence-corrected chi connectivity index (χ3v) is 5.23. The van der Waals surface area contributed by atoms with E-state index in [1.807, 2.05) is 12.1 Å². The van der Waals surface area contributed by atoms with E-state index in [0.717, 1.165) is 5.56 Å². The van der Waals surface area contributed by atoms with Crippen LogP contribution < -0.4 is 20.1 Å². The third-order valence-electron chi connectivity index (χ3n) is 4.47. The molecule has 0 fully saturated rings. The van der Waals surface area contributed by atoms with Gasteiger partial charge in [0.25, 0.3) is 11.6 Å². The Morgan fingerprint density at radius 3 is 2.90 bits per heavy atom. The number of fused-ring (bicyclic) bond motifs is 1. The van der Waals surface area contributed by atoms with Gasteiger partial charge in [0, 0.05) is 42.4 Å². The summed E-state index contributed by atoms with van der Waals surface area (Å²) in [5.74, 6) is 0.807. The second-order valence-electron chi connectivity index (χ2n) is 6.47. The van der Waals surface area contributed by atoms with Crippen LogP contribution in [-0.4, -0.2) is 42.9 Å². The molecule has 1 aliphatic heterocycles. The molecule has 1 amide bonds. The average Bonchev–Trinajstić information content (AvgIpc) is 3.42. The molecule has 0 radical (unpaired) electrons. The predicted octanol–water partition coefficient (Wildman–Crippen LogP) is 3.76. The first-order valence-electron chi connectivity index (χ1n) is 9.23. The van der Waals surface area contributed by atoms with Crippen LogP contribution in [0.2, 0.25) is 0 Å². The van der Waals surface area contributed by atoms with Crippen molar-refractivity contribution in [2.24, 2.45) is 0 Å². The molecule has 0 atom stereocenters. The minimum Gasteiger partial charge on any atom is -0.454 e. The van der Waals surface area contributed by atoms with Crippen molar-refractivity contribution in [1.29, 1.82) is 0 Å². The van der Waals surface area contributed by atoms with Crippen LogP contribution in [0.1, 0.15) is 10.4 Å². The number of amides is 1. The van der Waals surface area contributed by atoms with E-state index in [1.54, 1.807) is 18.6 Å². The number of nitro benzene ring substituents is 1. The Morgan fingerprint density at radius 1 is 1.26 bits per heavy atom. The molecule has 160 valence electrons. The number of thiazole rings is 1. The zero-order chi connectivity index (χ0) is 21.8. The van der Waals surface area contributed by atoms with Crippen LogP contribution in [0.5, 0.6) is 11.5 Å². The van der Waals surface area contributed by atoms with Gasteiger partial charge in [0.1, 0.15) is 0 Å². The number of nitro groups is 1. The number of carbonyl (C=O) groups excluding carboxylic acids is 1. The van der Waals surface area contributed by atoms with Gasteiger partial charge in [0.15, 0.2) is 16.6 Å². The molecule has 3 aromatic rings.